The number of nitrogens with zero attached hydrogens (tertiary/aromatic N) is 1. The minimum atomic E-state index is -0.682. The zero-order valence-electron chi connectivity index (χ0n) is 12.9. The highest BCUT2D eigenvalue weighted by Crippen LogP contribution is 2.16. The first-order valence-electron chi connectivity index (χ1n) is 7.84. The Morgan fingerprint density at radius 1 is 1.37 bits per heavy atom. The Morgan fingerprint density at radius 3 is 2.63 bits per heavy atom. The molecule has 1 amide bonds. The van der Waals surface area contributed by atoms with Crippen molar-refractivity contribution in [2.75, 3.05) is 19.6 Å². The fraction of sp³-hybridized carbons (Fsp3) is 0.933. The van der Waals surface area contributed by atoms with Gasteiger partial charge in [0.25, 0.3) is 0 Å². The standard InChI is InChI=1S/C15H31N3O/c1-4-15(16,5-2)14(19)17-10-8-12-18-11-7-6-9-13(18)3/h13H,4-12,16H2,1-3H3,(H,17,19). The van der Waals surface area contributed by atoms with Crippen molar-refractivity contribution in [3.8, 4) is 0 Å². The van der Waals surface area contributed by atoms with Crippen LogP contribution in [0, 0.1) is 0 Å². The van der Waals surface area contributed by atoms with Crippen LogP contribution in [-0.4, -0.2) is 42.0 Å². The van der Waals surface area contributed by atoms with Gasteiger partial charge in [-0.1, -0.05) is 20.3 Å². The Kier molecular flexibility index (Phi) is 6.80. The van der Waals surface area contributed by atoms with E-state index >= 15 is 0 Å². The summed E-state index contributed by atoms with van der Waals surface area (Å²) in [6, 6.07) is 0.698. The molecule has 0 aromatic rings. The highest BCUT2D eigenvalue weighted by Gasteiger charge is 2.29. The van der Waals surface area contributed by atoms with Crippen LogP contribution in [0.15, 0.2) is 0 Å². The first kappa shape index (κ1) is 16.4. The third-order valence-electron chi connectivity index (χ3n) is 4.56. The summed E-state index contributed by atoms with van der Waals surface area (Å²) in [5.74, 6) is 0.00388. The fourth-order valence-corrected chi connectivity index (χ4v) is 2.72. The lowest BCUT2D eigenvalue weighted by Crippen LogP contribution is -2.53. The van der Waals surface area contributed by atoms with E-state index in [-0.39, 0.29) is 5.91 Å². The van der Waals surface area contributed by atoms with Gasteiger partial charge in [0.05, 0.1) is 5.54 Å². The molecule has 1 heterocycles. The van der Waals surface area contributed by atoms with E-state index in [1.165, 1.54) is 25.8 Å². The molecule has 0 aromatic carbocycles. The van der Waals surface area contributed by atoms with Gasteiger partial charge in [-0.2, -0.15) is 0 Å². The molecular formula is C15H31N3O. The van der Waals surface area contributed by atoms with Crippen molar-refractivity contribution in [3.05, 3.63) is 0 Å². The number of hydrogen-bond donors (Lipinski definition) is 2. The highest BCUT2D eigenvalue weighted by molar-refractivity contribution is 5.85. The molecule has 1 aliphatic heterocycles. The Labute approximate surface area is 118 Å². The number of carbonyl (C=O) groups excluding carboxylic acids is 1. The minimum Gasteiger partial charge on any atom is -0.354 e. The normalized spacial score (nSPS) is 21.4. The van der Waals surface area contributed by atoms with Crippen molar-refractivity contribution in [2.45, 2.75) is 70.9 Å². The Morgan fingerprint density at radius 2 is 2.05 bits per heavy atom. The van der Waals surface area contributed by atoms with Crippen LogP contribution in [0.1, 0.15) is 59.3 Å². The maximum atomic E-state index is 12.0. The molecule has 19 heavy (non-hydrogen) atoms. The summed E-state index contributed by atoms with van der Waals surface area (Å²) in [5, 5.41) is 2.99. The second-order valence-corrected chi connectivity index (χ2v) is 5.85. The van der Waals surface area contributed by atoms with E-state index in [0.29, 0.717) is 18.9 Å². The van der Waals surface area contributed by atoms with Gasteiger partial charge < -0.3 is 16.0 Å². The number of nitrogens with one attached hydrogen (secondary N) is 1. The zero-order valence-corrected chi connectivity index (χ0v) is 12.9. The Bertz CT molecular complexity index is 277. The molecule has 0 aliphatic carbocycles. The highest BCUT2D eigenvalue weighted by atomic mass is 16.2. The lowest BCUT2D eigenvalue weighted by Gasteiger charge is -2.33. The van der Waals surface area contributed by atoms with E-state index in [2.05, 4.69) is 17.1 Å². The second kappa shape index (κ2) is 7.85. The fourth-order valence-electron chi connectivity index (χ4n) is 2.72. The van der Waals surface area contributed by atoms with Gasteiger partial charge in [0.1, 0.15) is 0 Å². The molecule has 1 unspecified atom stereocenters. The van der Waals surface area contributed by atoms with Crippen molar-refractivity contribution >= 4 is 5.91 Å². The monoisotopic (exact) mass is 269 g/mol. The van der Waals surface area contributed by atoms with Crippen LogP contribution < -0.4 is 11.1 Å². The SMILES string of the molecule is CCC(N)(CC)C(=O)NCCCN1CCCCC1C. The summed E-state index contributed by atoms with van der Waals surface area (Å²) < 4.78 is 0. The maximum absolute atomic E-state index is 12.0. The molecule has 0 spiro atoms. The van der Waals surface area contributed by atoms with Crippen molar-refractivity contribution < 1.29 is 4.79 Å². The average molecular weight is 269 g/mol. The number of nitrogens with two attached hydrogens (primary N) is 1. The summed E-state index contributed by atoms with van der Waals surface area (Å²) in [7, 11) is 0. The lowest BCUT2D eigenvalue weighted by atomic mass is 9.93. The molecule has 4 heteroatoms. The van der Waals surface area contributed by atoms with Gasteiger partial charge in [-0.15, -0.1) is 0 Å². The van der Waals surface area contributed by atoms with Gasteiger partial charge in [0, 0.05) is 19.1 Å². The van der Waals surface area contributed by atoms with Gasteiger partial charge >= 0.3 is 0 Å². The van der Waals surface area contributed by atoms with Gasteiger partial charge in [-0.25, -0.2) is 0 Å². The molecule has 4 nitrogen and oxygen atoms in total. The van der Waals surface area contributed by atoms with Crippen molar-refractivity contribution in [1.82, 2.24) is 10.2 Å². The molecule has 0 bridgehead atoms. The van der Waals surface area contributed by atoms with E-state index in [1.54, 1.807) is 0 Å². The molecule has 3 N–H and O–H groups in total. The van der Waals surface area contributed by atoms with Gasteiger partial charge in [-0.05, 0) is 45.6 Å². The zero-order chi connectivity index (χ0) is 14.3. The topological polar surface area (TPSA) is 58.4 Å². The summed E-state index contributed by atoms with van der Waals surface area (Å²) >= 11 is 0. The van der Waals surface area contributed by atoms with Crippen LogP contribution in [0.3, 0.4) is 0 Å². The Hall–Kier alpha value is -0.610. The number of carbonyl (C=O) groups is 1. The smallest absolute Gasteiger partial charge is 0.240 e. The largest absolute Gasteiger partial charge is 0.354 e. The maximum Gasteiger partial charge on any atom is 0.240 e. The molecule has 1 aliphatic rings. The molecule has 1 fully saturated rings. The van der Waals surface area contributed by atoms with Gasteiger partial charge in [0.15, 0.2) is 0 Å². The predicted molar refractivity (Wildman–Crippen MR) is 80.0 cm³/mol. The summed E-state index contributed by atoms with van der Waals surface area (Å²) in [5.41, 5.74) is 5.38. The third-order valence-corrected chi connectivity index (χ3v) is 4.56. The van der Waals surface area contributed by atoms with Crippen molar-refractivity contribution in [3.63, 3.8) is 0 Å². The summed E-state index contributed by atoms with van der Waals surface area (Å²) in [6.07, 6.45) is 6.38. The van der Waals surface area contributed by atoms with Gasteiger partial charge in [-0.3, -0.25) is 4.79 Å². The molecule has 0 saturated carbocycles. The number of rotatable bonds is 7. The van der Waals surface area contributed by atoms with Crippen LogP contribution >= 0.6 is 0 Å². The first-order chi connectivity index (χ1) is 9.03. The lowest BCUT2D eigenvalue weighted by molar-refractivity contribution is -0.126. The van der Waals surface area contributed by atoms with Crippen LogP contribution in [0.25, 0.3) is 0 Å². The van der Waals surface area contributed by atoms with Crippen LogP contribution in [0.4, 0.5) is 0 Å². The second-order valence-electron chi connectivity index (χ2n) is 5.85. The molecule has 112 valence electrons. The molecule has 1 atom stereocenters. The molecule has 0 aromatic heterocycles. The van der Waals surface area contributed by atoms with Crippen LogP contribution in [-0.2, 0) is 4.79 Å². The van der Waals surface area contributed by atoms with E-state index < -0.39 is 5.54 Å². The van der Waals surface area contributed by atoms with E-state index in [9.17, 15) is 4.79 Å². The number of piperidine rings is 1. The van der Waals surface area contributed by atoms with Crippen molar-refractivity contribution in [1.29, 1.82) is 0 Å². The minimum absolute atomic E-state index is 0.00388. The van der Waals surface area contributed by atoms with E-state index in [0.717, 1.165) is 19.5 Å². The first-order valence-corrected chi connectivity index (χ1v) is 7.84. The van der Waals surface area contributed by atoms with Crippen LogP contribution in [0.5, 0.6) is 0 Å². The van der Waals surface area contributed by atoms with Crippen molar-refractivity contribution in [2.24, 2.45) is 5.73 Å². The van der Waals surface area contributed by atoms with E-state index in [1.807, 2.05) is 13.8 Å². The number of likely N-dealkylation sites (tertiary alicyclic amines) is 1. The van der Waals surface area contributed by atoms with Crippen LogP contribution in [0.2, 0.25) is 0 Å². The molecule has 1 saturated heterocycles. The molecule has 0 radical (unpaired) electrons. The molecule has 1 rings (SSSR count). The van der Waals surface area contributed by atoms with E-state index in [4.69, 9.17) is 5.73 Å². The quantitative estimate of drug-likeness (QED) is 0.694. The predicted octanol–water partition coefficient (Wildman–Crippen LogP) is 1.88. The third kappa shape index (κ3) is 4.77. The Balaban J connectivity index is 2.21. The summed E-state index contributed by atoms with van der Waals surface area (Å²) in [6.45, 7) is 9.27. The summed E-state index contributed by atoms with van der Waals surface area (Å²) in [4.78, 5) is 14.5. The average Bonchev–Trinajstić information content (AvgIpc) is 2.44. The molecular weight excluding hydrogens is 238 g/mol. The van der Waals surface area contributed by atoms with Gasteiger partial charge in [0.2, 0.25) is 5.91 Å². The number of amides is 1. The number of hydrogen-bond acceptors (Lipinski definition) is 3.